The van der Waals surface area contributed by atoms with Gasteiger partial charge in [-0.05, 0) is 62.7 Å². The van der Waals surface area contributed by atoms with Gasteiger partial charge in [0.1, 0.15) is 11.5 Å². The Morgan fingerprint density at radius 1 is 0.969 bits per heavy atom. The Bertz CT molecular complexity index is 1150. The summed E-state index contributed by atoms with van der Waals surface area (Å²) in [6.07, 6.45) is 0. The van der Waals surface area contributed by atoms with Crippen molar-refractivity contribution in [2.24, 2.45) is 0 Å². The lowest BCUT2D eigenvalue weighted by Crippen LogP contribution is -2.26. The minimum atomic E-state index is -3.56. The minimum Gasteiger partial charge on any atom is -0.490 e. The Hall–Kier alpha value is -3.26. The molecule has 170 valence electrons. The van der Waals surface area contributed by atoms with Crippen LogP contribution in [0.2, 0.25) is 0 Å². The van der Waals surface area contributed by atoms with Gasteiger partial charge >= 0.3 is 0 Å². The molecule has 1 N–H and O–H groups in total. The average molecular weight is 458 g/mol. The van der Waals surface area contributed by atoms with E-state index in [0.717, 1.165) is 5.56 Å². The molecule has 1 amide bonds. The van der Waals surface area contributed by atoms with E-state index in [4.69, 9.17) is 13.9 Å². The molecular weight excluding hydrogens is 430 g/mol. The van der Waals surface area contributed by atoms with Crippen LogP contribution in [0.3, 0.4) is 0 Å². The van der Waals surface area contributed by atoms with Crippen molar-refractivity contribution in [1.82, 2.24) is 5.32 Å². The molecule has 1 unspecified atom stereocenters. The zero-order valence-corrected chi connectivity index (χ0v) is 19.1. The Labute approximate surface area is 188 Å². The molecule has 0 fully saturated rings. The van der Waals surface area contributed by atoms with Gasteiger partial charge in [-0.3, -0.25) is 4.79 Å². The normalized spacial score (nSPS) is 12.2. The first-order valence-electron chi connectivity index (χ1n) is 10.4. The molecule has 3 rings (SSSR count). The van der Waals surface area contributed by atoms with Gasteiger partial charge < -0.3 is 19.2 Å². The molecule has 0 saturated heterocycles. The lowest BCUT2D eigenvalue weighted by atomic mass is 10.1. The van der Waals surface area contributed by atoms with Crippen LogP contribution in [0.1, 0.15) is 48.7 Å². The maximum atomic E-state index is 12.6. The second kappa shape index (κ2) is 10.4. The zero-order valence-electron chi connectivity index (χ0n) is 18.3. The molecule has 7 nitrogen and oxygen atoms in total. The summed E-state index contributed by atoms with van der Waals surface area (Å²) in [6.45, 7) is 6.64. The quantitative estimate of drug-likeness (QED) is 0.480. The van der Waals surface area contributed by atoms with Crippen molar-refractivity contribution in [2.45, 2.75) is 37.5 Å². The fourth-order valence-electron chi connectivity index (χ4n) is 3.16. The summed E-state index contributed by atoms with van der Waals surface area (Å²) in [5.41, 5.74) is 0.837. The number of sulfone groups is 1. The Kier molecular flexibility index (Phi) is 7.58. The van der Waals surface area contributed by atoms with Crippen molar-refractivity contribution < 1.29 is 27.1 Å². The van der Waals surface area contributed by atoms with Gasteiger partial charge in [0.15, 0.2) is 27.1 Å². The standard InChI is InChI=1S/C24H27NO6S/c1-4-29-21-13-11-18(15-23(21)30-5-2)17(3)25-24(26)22-14-12-19(31-22)16-32(27,28)20-9-7-6-8-10-20/h6-15,17H,4-5,16H2,1-3H3,(H,25,26). The SMILES string of the molecule is CCOc1ccc(C(C)NC(=O)c2ccc(CS(=O)(=O)c3ccccc3)o2)cc1OCC. The second-order valence-corrected chi connectivity index (χ2v) is 9.10. The monoisotopic (exact) mass is 457 g/mol. The zero-order chi connectivity index (χ0) is 23.1. The molecule has 2 aromatic carbocycles. The van der Waals surface area contributed by atoms with Crippen LogP contribution in [0, 0.1) is 0 Å². The van der Waals surface area contributed by atoms with Crippen molar-refractivity contribution in [1.29, 1.82) is 0 Å². The highest BCUT2D eigenvalue weighted by Crippen LogP contribution is 2.31. The van der Waals surface area contributed by atoms with Crippen molar-refractivity contribution in [3.8, 4) is 11.5 Å². The van der Waals surface area contributed by atoms with Crippen molar-refractivity contribution in [3.63, 3.8) is 0 Å². The van der Waals surface area contributed by atoms with E-state index in [1.807, 2.05) is 39.0 Å². The minimum absolute atomic E-state index is 0.0473. The maximum Gasteiger partial charge on any atom is 0.287 e. The fourth-order valence-corrected chi connectivity index (χ4v) is 4.43. The largest absolute Gasteiger partial charge is 0.490 e. The highest BCUT2D eigenvalue weighted by atomic mass is 32.2. The van der Waals surface area contributed by atoms with Crippen LogP contribution in [0.15, 0.2) is 70.0 Å². The lowest BCUT2D eigenvalue weighted by Gasteiger charge is -2.17. The van der Waals surface area contributed by atoms with Gasteiger partial charge in [0, 0.05) is 0 Å². The Morgan fingerprint density at radius 3 is 2.34 bits per heavy atom. The summed E-state index contributed by atoms with van der Waals surface area (Å²) >= 11 is 0. The third kappa shape index (κ3) is 5.70. The number of carbonyl (C=O) groups excluding carboxylic acids is 1. The number of ether oxygens (including phenoxy) is 2. The number of benzene rings is 2. The average Bonchev–Trinajstić information content (AvgIpc) is 3.24. The molecule has 0 bridgehead atoms. The Balaban J connectivity index is 1.69. The summed E-state index contributed by atoms with van der Waals surface area (Å²) in [6, 6.07) is 16.3. The van der Waals surface area contributed by atoms with Gasteiger partial charge in [0.2, 0.25) is 0 Å². The molecule has 0 radical (unpaired) electrons. The van der Waals surface area contributed by atoms with E-state index in [1.165, 1.54) is 24.3 Å². The van der Waals surface area contributed by atoms with E-state index in [-0.39, 0.29) is 28.2 Å². The van der Waals surface area contributed by atoms with Crippen LogP contribution < -0.4 is 14.8 Å². The Morgan fingerprint density at radius 2 is 1.66 bits per heavy atom. The molecule has 8 heteroatoms. The molecule has 0 saturated carbocycles. The lowest BCUT2D eigenvalue weighted by molar-refractivity contribution is 0.0910. The third-order valence-corrected chi connectivity index (χ3v) is 6.39. The van der Waals surface area contributed by atoms with Crippen LogP contribution in [0.25, 0.3) is 0 Å². The molecule has 0 aliphatic rings. The summed E-state index contributed by atoms with van der Waals surface area (Å²) in [7, 11) is -3.56. The van der Waals surface area contributed by atoms with Crippen molar-refractivity contribution >= 4 is 15.7 Å². The number of amides is 1. The fraction of sp³-hybridized carbons (Fsp3) is 0.292. The molecule has 32 heavy (non-hydrogen) atoms. The maximum absolute atomic E-state index is 12.6. The molecule has 1 heterocycles. The molecule has 0 spiro atoms. The molecule has 1 aromatic heterocycles. The van der Waals surface area contributed by atoms with E-state index in [1.54, 1.807) is 18.2 Å². The topological polar surface area (TPSA) is 94.8 Å². The summed E-state index contributed by atoms with van der Waals surface area (Å²) < 4.78 is 41.8. The van der Waals surface area contributed by atoms with Gasteiger partial charge in [0.05, 0.1) is 24.2 Å². The number of furan rings is 1. The first kappa shape index (κ1) is 23.4. The van der Waals surface area contributed by atoms with Gasteiger partial charge in [0.25, 0.3) is 5.91 Å². The molecule has 1 atom stereocenters. The molecular formula is C24H27NO6S. The number of rotatable bonds is 10. The highest BCUT2D eigenvalue weighted by molar-refractivity contribution is 7.90. The predicted molar refractivity (Wildman–Crippen MR) is 121 cm³/mol. The van der Waals surface area contributed by atoms with Gasteiger partial charge in [-0.15, -0.1) is 0 Å². The van der Waals surface area contributed by atoms with Crippen LogP contribution in [-0.2, 0) is 15.6 Å². The van der Waals surface area contributed by atoms with Crippen LogP contribution in [0.5, 0.6) is 11.5 Å². The van der Waals surface area contributed by atoms with Gasteiger partial charge in [-0.1, -0.05) is 24.3 Å². The summed E-state index contributed by atoms with van der Waals surface area (Å²) in [5.74, 6) is 0.743. The smallest absolute Gasteiger partial charge is 0.287 e. The van der Waals surface area contributed by atoms with Gasteiger partial charge in [-0.2, -0.15) is 0 Å². The first-order chi connectivity index (χ1) is 15.3. The molecule has 3 aromatic rings. The predicted octanol–water partition coefficient (Wildman–Crippen LogP) is 4.54. The van der Waals surface area contributed by atoms with E-state index in [9.17, 15) is 13.2 Å². The number of carbonyl (C=O) groups is 1. The number of hydrogen-bond donors (Lipinski definition) is 1. The number of hydrogen-bond acceptors (Lipinski definition) is 6. The van der Waals surface area contributed by atoms with E-state index in [2.05, 4.69) is 5.32 Å². The second-order valence-electron chi connectivity index (χ2n) is 7.11. The van der Waals surface area contributed by atoms with Crippen LogP contribution in [0.4, 0.5) is 0 Å². The van der Waals surface area contributed by atoms with Crippen LogP contribution >= 0.6 is 0 Å². The molecule has 0 aliphatic carbocycles. The summed E-state index contributed by atoms with van der Waals surface area (Å²) in [4.78, 5) is 12.9. The van der Waals surface area contributed by atoms with E-state index in [0.29, 0.717) is 24.7 Å². The third-order valence-electron chi connectivity index (χ3n) is 4.74. The number of nitrogens with one attached hydrogen (secondary N) is 1. The van der Waals surface area contributed by atoms with Crippen LogP contribution in [-0.4, -0.2) is 27.5 Å². The van der Waals surface area contributed by atoms with E-state index >= 15 is 0 Å². The first-order valence-corrected chi connectivity index (χ1v) is 12.1. The highest BCUT2D eigenvalue weighted by Gasteiger charge is 2.20. The van der Waals surface area contributed by atoms with Gasteiger partial charge in [-0.25, -0.2) is 8.42 Å². The van der Waals surface area contributed by atoms with Crippen molar-refractivity contribution in [3.05, 3.63) is 77.7 Å². The summed E-state index contributed by atoms with van der Waals surface area (Å²) in [5, 5.41) is 2.86. The molecule has 0 aliphatic heterocycles. The van der Waals surface area contributed by atoms with Crippen molar-refractivity contribution in [2.75, 3.05) is 13.2 Å². The van der Waals surface area contributed by atoms with E-state index < -0.39 is 15.7 Å².